The van der Waals surface area contributed by atoms with Crippen LogP contribution in [0.15, 0.2) is 11.1 Å². The number of rotatable bonds is 4. The highest BCUT2D eigenvalue weighted by molar-refractivity contribution is 7.92. The van der Waals surface area contributed by atoms with Gasteiger partial charge in [-0.3, -0.25) is 4.72 Å². The second kappa shape index (κ2) is 5.73. The molecule has 0 unspecified atom stereocenters. The first-order valence-corrected chi connectivity index (χ1v) is 10.5. The molecule has 3 heterocycles. The highest BCUT2D eigenvalue weighted by Crippen LogP contribution is 2.36. The quantitative estimate of drug-likeness (QED) is 0.881. The Kier molecular flexibility index (Phi) is 3.83. The standard InChI is InChI=1S/C17H25N5O3S/c1-11(2)22-15(12-6-5-7-13(12)19-22)20-26(23,24)14-8-18-21-9-17(3,4)10-25-16(14)21/h8,11,20H,5-7,9-10H2,1-4H3. The molecule has 9 heteroatoms. The van der Waals surface area contributed by atoms with Crippen molar-refractivity contribution in [2.45, 2.75) is 64.4 Å². The molecule has 0 fully saturated rings. The van der Waals surface area contributed by atoms with Gasteiger partial charge in [-0.2, -0.15) is 10.2 Å². The molecule has 0 radical (unpaired) electrons. The van der Waals surface area contributed by atoms with Crippen molar-refractivity contribution >= 4 is 15.8 Å². The molecule has 2 aromatic rings. The van der Waals surface area contributed by atoms with Gasteiger partial charge in [0.1, 0.15) is 5.82 Å². The number of nitrogens with zero attached hydrogens (tertiary/aromatic N) is 4. The zero-order valence-corrected chi connectivity index (χ0v) is 16.4. The third kappa shape index (κ3) is 2.78. The number of anilines is 1. The fraction of sp³-hybridized carbons (Fsp3) is 0.647. The van der Waals surface area contributed by atoms with Gasteiger partial charge in [-0.15, -0.1) is 0 Å². The molecule has 142 valence electrons. The minimum atomic E-state index is -3.82. The van der Waals surface area contributed by atoms with Crippen molar-refractivity contribution in [3.63, 3.8) is 0 Å². The minimum absolute atomic E-state index is 0.0661. The SMILES string of the molecule is CC(C)n1nc2c(c1NS(=O)(=O)c1cnn3c1OCC(C)(C)C3)CCC2. The van der Waals surface area contributed by atoms with Crippen LogP contribution in [-0.2, 0) is 29.4 Å². The lowest BCUT2D eigenvalue weighted by molar-refractivity contribution is 0.0971. The van der Waals surface area contributed by atoms with Crippen molar-refractivity contribution in [3.05, 3.63) is 17.5 Å². The first-order valence-electron chi connectivity index (χ1n) is 9.00. The molecule has 1 aliphatic heterocycles. The molecular weight excluding hydrogens is 354 g/mol. The molecule has 1 N–H and O–H groups in total. The zero-order valence-electron chi connectivity index (χ0n) is 15.6. The molecule has 2 aromatic heterocycles. The number of hydrogen-bond acceptors (Lipinski definition) is 5. The summed E-state index contributed by atoms with van der Waals surface area (Å²) in [7, 11) is -3.82. The fourth-order valence-corrected chi connectivity index (χ4v) is 4.75. The maximum absolute atomic E-state index is 13.1. The van der Waals surface area contributed by atoms with E-state index < -0.39 is 10.0 Å². The summed E-state index contributed by atoms with van der Waals surface area (Å²) in [5.41, 5.74) is 1.92. The Morgan fingerprint density at radius 3 is 2.81 bits per heavy atom. The Hall–Kier alpha value is -2.03. The molecule has 8 nitrogen and oxygen atoms in total. The molecular formula is C17H25N5O3S. The van der Waals surface area contributed by atoms with E-state index in [1.165, 1.54) is 6.20 Å². The van der Waals surface area contributed by atoms with E-state index in [-0.39, 0.29) is 16.4 Å². The first-order chi connectivity index (χ1) is 12.2. The van der Waals surface area contributed by atoms with Gasteiger partial charge in [0.2, 0.25) is 5.88 Å². The normalized spacial score (nSPS) is 18.5. The molecule has 0 aromatic carbocycles. The van der Waals surface area contributed by atoms with Crippen LogP contribution < -0.4 is 9.46 Å². The topological polar surface area (TPSA) is 91.0 Å². The number of aryl methyl sites for hydroxylation is 1. The van der Waals surface area contributed by atoms with E-state index in [2.05, 4.69) is 28.8 Å². The van der Waals surface area contributed by atoms with Crippen LogP contribution in [0.5, 0.6) is 5.88 Å². The second-order valence-electron chi connectivity index (χ2n) is 8.20. The van der Waals surface area contributed by atoms with E-state index in [1.54, 1.807) is 9.36 Å². The van der Waals surface area contributed by atoms with Gasteiger partial charge in [0.25, 0.3) is 10.0 Å². The number of fused-ring (bicyclic) bond motifs is 2. The molecule has 2 aliphatic rings. The van der Waals surface area contributed by atoms with Gasteiger partial charge in [-0.05, 0) is 33.1 Å². The van der Waals surface area contributed by atoms with Crippen LogP contribution >= 0.6 is 0 Å². The molecule has 0 amide bonds. The van der Waals surface area contributed by atoms with Crippen molar-refractivity contribution < 1.29 is 13.2 Å². The lowest BCUT2D eigenvalue weighted by atomic mass is 9.94. The summed E-state index contributed by atoms with van der Waals surface area (Å²) in [6.45, 7) is 9.20. The predicted molar refractivity (Wildman–Crippen MR) is 96.9 cm³/mol. The van der Waals surface area contributed by atoms with Crippen molar-refractivity contribution in [2.24, 2.45) is 5.41 Å². The van der Waals surface area contributed by atoms with Crippen LogP contribution in [0.25, 0.3) is 0 Å². The maximum Gasteiger partial charge on any atom is 0.270 e. The van der Waals surface area contributed by atoms with Crippen molar-refractivity contribution in [1.29, 1.82) is 0 Å². The van der Waals surface area contributed by atoms with Gasteiger partial charge in [0.15, 0.2) is 4.90 Å². The van der Waals surface area contributed by atoms with E-state index in [9.17, 15) is 8.42 Å². The Morgan fingerprint density at radius 1 is 1.31 bits per heavy atom. The largest absolute Gasteiger partial charge is 0.476 e. The molecule has 0 atom stereocenters. The van der Waals surface area contributed by atoms with Gasteiger partial charge in [0.05, 0.1) is 25.0 Å². The van der Waals surface area contributed by atoms with Crippen LogP contribution in [0, 0.1) is 5.41 Å². The van der Waals surface area contributed by atoms with E-state index in [1.807, 2.05) is 13.8 Å². The third-order valence-electron chi connectivity index (χ3n) is 4.88. The van der Waals surface area contributed by atoms with Crippen LogP contribution in [-0.4, -0.2) is 34.6 Å². The summed E-state index contributed by atoms with van der Waals surface area (Å²) < 4.78 is 38.1. The summed E-state index contributed by atoms with van der Waals surface area (Å²) >= 11 is 0. The molecule has 26 heavy (non-hydrogen) atoms. The highest BCUT2D eigenvalue weighted by atomic mass is 32.2. The van der Waals surface area contributed by atoms with E-state index >= 15 is 0 Å². The summed E-state index contributed by atoms with van der Waals surface area (Å²) in [5.74, 6) is 0.882. The fourth-order valence-electron chi connectivity index (χ4n) is 3.59. The van der Waals surface area contributed by atoms with Crippen LogP contribution in [0.1, 0.15) is 51.4 Å². The minimum Gasteiger partial charge on any atom is -0.476 e. The Morgan fingerprint density at radius 2 is 2.08 bits per heavy atom. The summed E-state index contributed by atoms with van der Waals surface area (Å²) in [4.78, 5) is 0.0799. The zero-order chi connectivity index (χ0) is 18.7. The smallest absolute Gasteiger partial charge is 0.270 e. The molecule has 0 saturated carbocycles. The van der Waals surface area contributed by atoms with Crippen molar-refractivity contribution in [2.75, 3.05) is 11.3 Å². The lowest BCUT2D eigenvalue weighted by Gasteiger charge is -2.30. The molecule has 4 rings (SSSR count). The Balaban J connectivity index is 1.71. The Bertz CT molecular complexity index is 955. The summed E-state index contributed by atoms with van der Waals surface area (Å²) in [6.07, 6.45) is 4.12. The monoisotopic (exact) mass is 379 g/mol. The number of ether oxygens (including phenoxy) is 1. The highest BCUT2D eigenvalue weighted by Gasteiger charge is 2.35. The van der Waals surface area contributed by atoms with Crippen LogP contribution in [0.2, 0.25) is 0 Å². The van der Waals surface area contributed by atoms with E-state index in [0.717, 1.165) is 30.5 Å². The van der Waals surface area contributed by atoms with Crippen LogP contribution in [0.4, 0.5) is 5.82 Å². The second-order valence-corrected chi connectivity index (χ2v) is 9.85. The lowest BCUT2D eigenvalue weighted by Crippen LogP contribution is -2.33. The van der Waals surface area contributed by atoms with Gasteiger partial charge in [-0.1, -0.05) is 13.8 Å². The maximum atomic E-state index is 13.1. The van der Waals surface area contributed by atoms with Gasteiger partial charge in [-0.25, -0.2) is 17.8 Å². The van der Waals surface area contributed by atoms with Gasteiger partial charge < -0.3 is 4.74 Å². The Labute approximate surface area is 153 Å². The molecule has 0 bridgehead atoms. The number of nitrogens with one attached hydrogen (secondary N) is 1. The predicted octanol–water partition coefficient (Wildman–Crippen LogP) is 2.37. The number of sulfonamides is 1. The van der Waals surface area contributed by atoms with Crippen molar-refractivity contribution in [1.82, 2.24) is 19.6 Å². The summed E-state index contributed by atoms with van der Waals surface area (Å²) in [5, 5.41) is 8.83. The third-order valence-corrected chi connectivity index (χ3v) is 6.20. The average molecular weight is 379 g/mol. The van der Waals surface area contributed by atoms with Gasteiger partial charge in [0, 0.05) is 17.0 Å². The van der Waals surface area contributed by atoms with Gasteiger partial charge >= 0.3 is 0 Å². The van der Waals surface area contributed by atoms with E-state index in [4.69, 9.17) is 4.74 Å². The summed E-state index contributed by atoms with van der Waals surface area (Å²) in [6, 6.07) is 0.0661. The first kappa shape index (κ1) is 17.4. The number of aromatic nitrogens is 4. The molecule has 0 saturated heterocycles. The van der Waals surface area contributed by atoms with Crippen LogP contribution in [0.3, 0.4) is 0 Å². The molecule has 0 spiro atoms. The number of hydrogen-bond donors (Lipinski definition) is 1. The molecule has 1 aliphatic carbocycles. The van der Waals surface area contributed by atoms with E-state index in [0.29, 0.717) is 24.8 Å². The van der Waals surface area contributed by atoms with Crippen molar-refractivity contribution in [3.8, 4) is 5.88 Å². The average Bonchev–Trinajstić information content (AvgIpc) is 3.21.